The SMILES string of the molecule is Cc1c(N)cccc1OC(C)C(=O)N1CCCCCC1. The second-order valence-corrected chi connectivity index (χ2v) is 5.47. The third kappa shape index (κ3) is 3.44. The minimum absolute atomic E-state index is 0.0775. The average Bonchev–Trinajstić information content (AvgIpc) is 2.72. The molecular weight excluding hydrogens is 252 g/mol. The maximum absolute atomic E-state index is 12.4. The summed E-state index contributed by atoms with van der Waals surface area (Å²) in [4.78, 5) is 14.4. The molecule has 0 aromatic heterocycles. The maximum Gasteiger partial charge on any atom is 0.263 e. The molecule has 1 unspecified atom stereocenters. The van der Waals surface area contributed by atoms with Crippen molar-refractivity contribution in [3.63, 3.8) is 0 Å². The molecule has 1 aliphatic heterocycles. The van der Waals surface area contributed by atoms with Gasteiger partial charge in [-0.15, -0.1) is 0 Å². The zero-order chi connectivity index (χ0) is 14.5. The van der Waals surface area contributed by atoms with Crippen molar-refractivity contribution in [2.45, 2.75) is 45.6 Å². The molecule has 4 nitrogen and oxygen atoms in total. The number of rotatable bonds is 3. The summed E-state index contributed by atoms with van der Waals surface area (Å²) in [5.41, 5.74) is 7.44. The van der Waals surface area contributed by atoms with Gasteiger partial charge in [-0.05, 0) is 38.8 Å². The van der Waals surface area contributed by atoms with Crippen LogP contribution >= 0.6 is 0 Å². The van der Waals surface area contributed by atoms with Crippen LogP contribution in [0.3, 0.4) is 0 Å². The van der Waals surface area contributed by atoms with Gasteiger partial charge in [0.05, 0.1) is 0 Å². The number of benzene rings is 1. The number of carbonyl (C=O) groups is 1. The number of hydrogen-bond donors (Lipinski definition) is 1. The molecule has 1 aromatic carbocycles. The zero-order valence-corrected chi connectivity index (χ0v) is 12.4. The van der Waals surface area contributed by atoms with Crippen LogP contribution in [-0.4, -0.2) is 30.0 Å². The first kappa shape index (κ1) is 14.7. The standard InChI is InChI=1S/C16H24N2O2/c1-12-14(17)8-7-9-15(12)20-13(2)16(19)18-10-5-3-4-6-11-18/h7-9,13H,3-6,10-11,17H2,1-2H3. The third-order valence-electron chi connectivity index (χ3n) is 3.90. The maximum atomic E-state index is 12.4. The molecule has 1 aromatic rings. The second-order valence-electron chi connectivity index (χ2n) is 5.47. The molecule has 110 valence electrons. The monoisotopic (exact) mass is 276 g/mol. The van der Waals surface area contributed by atoms with E-state index in [9.17, 15) is 4.79 Å². The lowest BCUT2D eigenvalue weighted by Gasteiger charge is -2.25. The molecule has 1 aliphatic rings. The molecule has 1 atom stereocenters. The molecule has 2 rings (SSSR count). The number of carbonyl (C=O) groups excluding carboxylic acids is 1. The Balaban J connectivity index is 2.01. The Hall–Kier alpha value is -1.71. The van der Waals surface area contributed by atoms with Crippen molar-refractivity contribution in [1.29, 1.82) is 0 Å². The number of likely N-dealkylation sites (tertiary alicyclic amines) is 1. The number of anilines is 1. The number of nitrogens with two attached hydrogens (primary N) is 1. The predicted octanol–water partition coefficient (Wildman–Crippen LogP) is 2.75. The van der Waals surface area contributed by atoms with Crippen LogP contribution in [-0.2, 0) is 4.79 Å². The Kier molecular flexibility index (Phi) is 4.88. The van der Waals surface area contributed by atoms with Gasteiger partial charge in [0.15, 0.2) is 6.10 Å². The minimum atomic E-state index is -0.464. The van der Waals surface area contributed by atoms with E-state index in [2.05, 4.69) is 0 Å². The predicted molar refractivity (Wildman–Crippen MR) is 80.7 cm³/mol. The van der Waals surface area contributed by atoms with Gasteiger partial charge in [0.25, 0.3) is 5.91 Å². The van der Waals surface area contributed by atoms with E-state index >= 15 is 0 Å². The van der Waals surface area contributed by atoms with Gasteiger partial charge < -0.3 is 15.4 Å². The lowest BCUT2D eigenvalue weighted by molar-refractivity contribution is -0.137. The van der Waals surface area contributed by atoms with E-state index in [1.54, 1.807) is 0 Å². The van der Waals surface area contributed by atoms with Crippen LogP contribution in [0.15, 0.2) is 18.2 Å². The molecule has 20 heavy (non-hydrogen) atoms. The molecule has 0 radical (unpaired) electrons. The van der Waals surface area contributed by atoms with Gasteiger partial charge >= 0.3 is 0 Å². The van der Waals surface area contributed by atoms with Crippen molar-refractivity contribution >= 4 is 11.6 Å². The number of nitrogen functional groups attached to an aromatic ring is 1. The van der Waals surface area contributed by atoms with Gasteiger partial charge in [-0.25, -0.2) is 0 Å². The molecule has 0 saturated carbocycles. The zero-order valence-electron chi connectivity index (χ0n) is 12.4. The first-order valence-electron chi connectivity index (χ1n) is 7.40. The molecule has 1 heterocycles. The van der Waals surface area contributed by atoms with Gasteiger partial charge in [0.1, 0.15) is 5.75 Å². The van der Waals surface area contributed by atoms with E-state index in [-0.39, 0.29) is 5.91 Å². The number of nitrogens with zero attached hydrogens (tertiary/aromatic N) is 1. The average molecular weight is 276 g/mol. The van der Waals surface area contributed by atoms with Crippen LogP contribution in [0.25, 0.3) is 0 Å². The summed E-state index contributed by atoms with van der Waals surface area (Å²) in [6.07, 6.45) is 4.15. The van der Waals surface area contributed by atoms with Gasteiger partial charge in [-0.3, -0.25) is 4.79 Å². The van der Waals surface area contributed by atoms with E-state index in [0.717, 1.165) is 31.5 Å². The van der Waals surface area contributed by atoms with Gasteiger partial charge in [-0.2, -0.15) is 0 Å². The van der Waals surface area contributed by atoms with Crippen LogP contribution < -0.4 is 10.5 Å². The van der Waals surface area contributed by atoms with E-state index in [1.807, 2.05) is 36.9 Å². The van der Waals surface area contributed by atoms with Crippen molar-refractivity contribution in [3.05, 3.63) is 23.8 Å². The first-order valence-corrected chi connectivity index (χ1v) is 7.40. The summed E-state index contributed by atoms with van der Waals surface area (Å²) in [6, 6.07) is 5.54. The molecule has 1 saturated heterocycles. The van der Waals surface area contributed by atoms with Gasteiger partial charge in [-0.1, -0.05) is 18.9 Å². The fourth-order valence-corrected chi connectivity index (χ4v) is 2.55. The molecule has 1 amide bonds. The minimum Gasteiger partial charge on any atom is -0.481 e. The summed E-state index contributed by atoms with van der Waals surface area (Å²) in [5.74, 6) is 0.773. The Morgan fingerprint density at radius 1 is 1.25 bits per heavy atom. The highest BCUT2D eigenvalue weighted by atomic mass is 16.5. The van der Waals surface area contributed by atoms with E-state index in [0.29, 0.717) is 11.4 Å². The summed E-state index contributed by atoms with van der Waals surface area (Å²) in [5, 5.41) is 0. The molecule has 0 bridgehead atoms. The smallest absolute Gasteiger partial charge is 0.263 e. The van der Waals surface area contributed by atoms with Crippen LogP contribution in [0, 0.1) is 6.92 Å². The summed E-state index contributed by atoms with van der Waals surface area (Å²) in [7, 11) is 0. The quantitative estimate of drug-likeness (QED) is 0.864. The lowest BCUT2D eigenvalue weighted by Crippen LogP contribution is -2.41. The molecule has 2 N–H and O–H groups in total. The largest absolute Gasteiger partial charge is 0.481 e. The van der Waals surface area contributed by atoms with Crippen LogP contribution in [0.4, 0.5) is 5.69 Å². The number of ether oxygens (including phenoxy) is 1. The summed E-state index contributed by atoms with van der Waals surface area (Å²) < 4.78 is 5.81. The Morgan fingerprint density at radius 2 is 1.90 bits per heavy atom. The van der Waals surface area contributed by atoms with E-state index < -0.39 is 6.10 Å². The first-order chi connectivity index (χ1) is 9.59. The van der Waals surface area contributed by atoms with Crippen LogP contribution in [0.5, 0.6) is 5.75 Å². The highest BCUT2D eigenvalue weighted by Crippen LogP contribution is 2.24. The highest BCUT2D eigenvalue weighted by Gasteiger charge is 2.23. The fraction of sp³-hybridized carbons (Fsp3) is 0.562. The Labute approximate surface area is 120 Å². The lowest BCUT2D eigenvalue weighted by atomic mass is 10.2. The molecular formula is C16H24N2O2. The highest BCUT2D eigenvalue weighted by molar-refractivity contribution is 5.81. The summed E-state index contributed by atoms with van der Waals surface area (Å²) >= 11 is 0. The number of hydrogen-bond acceptors (Lipinski definition) is 3. The van der Waals surface area contributed by atoms with Gasteiger partial charge in [0, 0.05) is 24.3 Å². The normalized spacial score (nSPS) is 17.4. The molecule has 0 spiro atoms. The van der Waals surface area contributed by atoms with Crippen LogP contribution in [0.2, 0.25) is 0 Å². The summed E-state index contributed by atoms with van der Waals surface area (Å²) in [6.45, 7) is 5.43. The Morgan fingerprint density at radius 3 is 2.55 bits per heavy atom. The van der Waals surface area contributed by atoms with Crippen molar-refractivity contribution < 1.29 is 9.53 Å². The van der Waals surface area contributed by atoms with E-state index in [1.165, 1.54) is 12.8 Å². The van der Waals surface area contributed by atoms with Crippen molar-refractivity contribution in [1.82, 2.24) is 4.90 Å². The van der Waals surface area contributed by atoms with Gasteiger partial charge in [0.2, 0.25) is 0 Å². The fourth-order valence-electron chi connectivity index (χ4n) is 2.55. The van der Waals surface area contributed by atoms with Crippen molar-refractivity contribution in [2.24, 2.45) is 0 Å². The Bertz CT molecular complexity index is 466. The molecule has 0 aliphatic carbocycles. The molecule has 1 fully saturated rings. The third-order valence-corrected chi connectivity index (χ3v) is 3.90. The molecule has 4 heteroatoms. The second kappa shape index (κ2) is 6.64. The van der Waals surface area contributed by atoms with Crippen molar-refractivity contribution in [3.8, 4) is 5.75 Å². The van der Waals surface area contributed by atoms with Crippen LogP contribution in [0.1, 0.15) is 38.2 Å². The number of amides is 1. The van der Waals surface area contributed by atoms with E-state index in [4.69, 9.17) is 10.5 Å². The topological polar surface area (TPSA) is 55.6 Å². The van der Waals surface area contributed by atoms with Crippen molar-refractivity contribution in [2.75, 3.05) is 18.8 Å².